The Hall–Kier alpha value is -1.41. The third-order valence-corrected chi connectivity index (χ3v) is 4.85. The molecule has 0 aliphatic rings. The Labute approximate surface area is 120 Å². The molecule has 0 spiro atoms. The summed E-state index contributed by atoms with van der Waals surface area (Å²) in [7, 11) is -4.43. The predicted octanol–water partition coefficient (Wildman–Crippen LogP) is 0.557. The van der Waals surface area contributed by atoms with Gasteiger partial charge in [-0.15, -0.1) is 0 Å². The average molecular weight is 320 g/mol. The van der Waals surface area contributed by atoms with E-state index in [1.165, 1.54) is 12.1 Å². The van der Waals surface area contributed by atoms with Crippen molar-refractivity contribution in [1.82, 2.24) is 0 Å². The van der Waals surface area contributed by atoms with Crippen LogP contribution in [-0.2, 0) is 20.6 Å². The van der Waals surface area contributed by atoms with E-state index < -0.39 is 26.6 Å². The summed E-state index contributed by atoms with van der Waals surface area (Å²) in [4.78, 5) is 10.9. The lowest BCUT2D eigenvalue weighted by Crippen LogP contribution is -2.17. The van der Waals surface area contributed by atoms with Gasteiger partial charge in [-0.25, -0.2) is 13.2 Å². The maximum Gasteiger partial charge on any atom is 0.339 e. The largest absolute Gasteiger partial charge is 0.492 e. The number of hydrogen-bond acceptors (Lipinski definition) is 5. The van der Waals surface area contributed by atoms with Crippen molar-refractivity contribution < 1.29 is 27.3 Å². The number of carboxylic acids is 1. The standard InChI is InChI=1S/C12H16O6S2/c1-20(16,17)9-8-19(15)7-6-18-11-5-3-2-4-10(11)12(13)14/h2-5H,6-9H2,1H3,(H,13,14). The van der Waals surface area contributed by atoms with Crippen LogP contribution in [0, 0.1) is 0 Å². The summed E-state index contributed by atoms with van der Waals surface area (Å²) in [5.41, 5.74) is 0.0365. The van der Waals surface area contributed by atoms with Gasteiger partial charge in [-0.2, -0.15) is 0 Å². The minimum absolute atomic E-state index is 0.0365. The van der Waals surface area contributed by atoms with Crippen LogP contribution in [0.15, 0.2) is 24.3 Å². The molecular formula is C12H16O6S2. The van der Waals surface area contributed by atoms with E-state index in [0.29, 0.717) is 0 Å². The molecule has 1 aromatic rings. The van der Waals surface area contributed by atoms with E-state index in [9.17, 15) is 17.4 Å². The number of hydrogen-bond donors (Lipinski definition) is 1. The summed E-state index contributed by atoms with van der Waals surface area (Å²) in [5, 5.41) is 8.94. The molecule has 0 aliphatic carbocycles. The highest BCUT2D eigenvalue weighted by Gasteiger charge is 2.11. The van der Waals surface area contributed by atoms with Gasteiger partial charge >= 0.3 is 5.97 Å². The number of aromatic carboxylic acids is 1. The van der Waals surface area contributed by atoms with E-state index in [1.54, 1.807) is 12.1 Å². The number of ether oxygens (including phenoxy) is 1. The zero-order valence-electron chi connectivity index (χ0n) is 10.9. The maximum absolute atomic E-state index is 11.5. The summed E-state index contributed by atoms with van der Waals surface area (Å²) < 4.78 is 38.7. The second kappa shape index (κ2) is 7.39. The lowest BCUT2D eigenvalue weighted by atomic mass is 10.2. The van der Waals surface area contributed by atoms with Crippen molar-refractivity contribution in [2.24, 2.45) is 0 Å². The minimum atomic E-state index is -3.13. The average Bonchev–Trinajstić information content (AvgIpc) is 2.36. The molecule has 8 heteroatoms. The first-order valence-corrected chi connectivity index (χ1v) is 9.32. The summed E-state index contributed by atoms with van der Waals surface area (Å²) in [6.45, 7) is 0.0701. The summed E-state index contributed by atoms with van der Waals surface area (Å²) in [6.07, 6.45) is 1.09. The Morgan fingerprint density at radius 3 is 2.55 bits per heavy atom. The van der Waals surface area contributed by atoms with Gasteiger partial charge in [-0.1, -0.05) is 12.1 Å². The Morgan fingerprint density at radius 1 is 1.30 bits per heavy atom. The number of benzene rings is 1. The smallest absolute Gasteiger partial charge is 0.339 e. The molecule has 0 saturated carbocycles. The molecule has 1 aromatic carbocycles. The van der Waals surface area contributed by atoms with Crippen molar-refractivity contribution in [2.45, 2.75) is 0 Å². The minimum Gasteiger partial charge on any atom is -0.492 e. The van der Waals surface area contributed by atoms with E-state index in [4.69, 9.17) is 9.84 Å². The van der Waals surface area contributed by atoms with Crippen LogP contribution in [0.5, 0.6) is 5.75 Å². The molecule has 0 amide bonds. The van der Waals surface area contributed by atoms with Gasteiger partial charge in [-0.05, 0) is 12.1 Å². The van der Waals surface area contributed by atoms with Crippen LogP contribution in [0.4, 0.5) is 0 Å². The number of carboxylic acid groups (broad SMARTS) is 1. The topological polar surface area (TPSA) is 97.7 Å². The van der Waals surface area contributed by atoms with Gasteiger partial charge in [0, 0.05) is 22.8 Å². The molecule has 1 unspecified atom stereocenters. The predicted molar refractivity (Wildman–Crippen MR) is 76.5 cm³/mol. The van der Waals surface area contributed by atoms with Crippen molar-refractivity contribution in [3.05, 3.63) is 29.8 Å². The highest BCUT2D eigenvalue weighted by molar-refractivity contribution is 7.92. The van der Waals surface area contributed by atoms with Crippen LogP contribution in [0.1, 0.15) is 10.4 Å². The molecular weight excluding hydrogens is 304 g/mol. The van der Waals surface area contributed by atoms with Gasteiger partial charge in [0.15, 0.2) is 0 Å². The van der Waals surface area contributed by atoms with E-state index in [2.05, 4.69) is 0 Å². The Balaban J connectivity index is 2.45. The van der Waals surface area contributed by atoms with Gasteiger partial charge in [0.25, 0.3) is 0 Å². The molecule has 20 heavy (non-hydrogen) atoms. The highest BCUT2D eigenvalue weighted by atomic mass is 32.2. The summed E-state index contributed by atoms with van der Waals surface area (Å²) in [6, 6.07) is 6.16. The molecule has 1 atom stereocenters. The summed E-state index contributed by atoms with van der Waals surface area (Å²) >= 11 is 0. The first-order valence-electron chi connectivity index (χ1n) is 5.77. The molecule has 0 aromatic heterocycles. The first-order chi connectivity index (χ1) is 9.29. The number of carbonyl (C=O) groups is 1. The van der Waals surface area contributed by atoms with E-state index in [-0.39, 0.29) is 35.2 Å². The Kier molecular flexibility index (Phi) is 6.15. The van der Waals surface area contributed by atoms with Crippen LogP contribution in [0.2, 0.25) is 0 Å². The van der Waals surface area contributed by atoms with Gasteiger partial charge in [-0.3, -0.25) is 4.21 Å². The maximum atomic E-state index is 11.5. The molecule has 0 aliphatic heterocycles. The zero-order chi connectivity index (χ0) is 15.2. The van der Waals surface area contributed by atoms with E-state index in [0.717, 1.165) is 6.26 Å². The number of rotatable bonds is 8. The third kappa shape index (κ3) is 6.16. The van der Waals surface area contributed by atoms with Crippen molar-refractivity contribution in [3.8, 4) is 5.75 Å². The van der Waals surface area contributed by atoms with Crippen LogP contribution in [-0.4, -0.2) is 53.8 Å². The van der Waals surface area contributed by atoms with Gasteiger partial charge in [0.2, 0.25) is 0 Å². The van der Waals surface area contributed by atoms with Gasteiger partial charge in [0.05, 0.1) is 18.1 Å². The van der Waals surface area contributed by atoms with Crippen molar-refractivity contribution in [2.75, 3.05) is 30.1 Å². The van der Waals surface area contributed by atoms with Crippen LogP contribution >= 0.6 is 0 Å². The number of sulfone groups is 1. The fraction of sp³-hybridized carbons (Fsp3) is 0.417. The lowest BCUT2D eigenvalue weighted by Gasteiger charge is -2.08. The molecule has 0 fully saturated rings. The second-order valence-electron chi connectivity index (χ2n) is 4.13. The Morgan fingerprint density at radius 2 is 1.95 bits per heavy atom. The molecule has 0 radical (unpaired) electrons. The van der Waals surface area contributed by atoms with Crippen LogP contribution < -0.4 is 4.74 Å². The third-order valence-electron chi connectivity index (χ3n) is 2.37. The van der Waals surface area contributed by atoms with Crippen molar-refractivity contribution in [1.29, 1.82) is 0 Å². The van der Waals surface area contributed by atoms with Crippen LogP contribution in [0.3, 0.4) is 0 Å². The SMILES string of the molecule is CS(=O)(=O)CCS(=O)CCOc1ccccc1C(=O)O. The molecule has 112 valence electrons. The summed E-state index contributed by atoms with van der Waals surface area (Å²) in [5.74, 6) is -0.809. The van der Waals surface area contributed by atoms with Gasteiger partial charge in [0.1, 0.15) is 21.2 Å². The number of para-hydroxylation sites is 1. The molecule has 0 saturated heterocycles. The lowest BCUT2D eigenvalue weighted by molar-refractivity contribution is 0.0692. The first kappa shape index (κ1) is 16.6. The second-order valence-corrected chi connectivity index (χ2v) is 8.08. The van der Waals surface area contributed by atoms with Crippen molar-refractivity contribution in [3.63, 3.8) is 0 Å². The molecule has 0 bridgehead atoms. The normalized spacial score (nSPS) is 12.8. The van der Waals surface area contributed by atoms with E-state index in [1.807, 2.05) is 0 Å². The fourth-order valence-corrected chi connectivity index (χ4v) is 3.79. The molecule has 1 N–H and O–H groups in total. The molecule has 6 nitrogen and oxygen atoms in total. The zero-order valence-corrected chi connectivity index (χ0v) is 12.6. The quantitative estimate of drug-likeness (QED) is 0.751. The Bertz CT molecular complexity index is 594. The molecule has 1 rings (SSSR count). The van der Waals surface area contributed by atoms with Crippen molar-refractivity contribution >= 4 is 26.6 Å². The van der Waals surface area contributed by atoms with Crippen LogP contribution in [0.25, 0.3) is 0 Å². The van der Waals surface area contributed by atoms with Gasteiger partial charge < -0.3 is 9.84 Å². The monoisotopic (exact) mass is 320 g/mol. The fourth-order valence-electron chi connectivity index (χ4n) is 1.36. The molecule has 0 heterocycles. The van der Waals surface area contributed by atoms with E-state index >= 15 is 0 Å². The highest BCUT2D eigenvalue weighted by Crippen LogP contribution is 2.17.